The van der Waals surface area contributed by atoms with Crippen molar-refractivity contribution in [2.45, 2.75) is 44.2 Å². The average Bonchev–Trinajstić information content (AvgIpc) is 2.62. The molecule has 2 saturated heterocycles. The lowest BCUT2D eigenvalue weighted by Gasteiger charge is -2.21. The number of amides is 1. The van der Waals surface area contributed by atoms with E-state index in [1.165, 1.54) is 25.7 Å². The van der Waals surface area contributed by atoms with E-state index in [1.807, 2.05) is 0 Å². The monoisotopic (exact) mass is 185 g/mol. The van der Waals surface area contributed by atoms with Gasteiger partial charge in [0.15, 0.2) is 0 Å². The Balaban J connectivity index is 2.00. The molecule has 2 nitrogen and oxygen atoms in total. The lowest BCUT2D eigenvalue weighted by molar-refractivity contribution is -0.131. The highest BCUT2D eigenvalue weighted by atomic mass is 32.1. The molecule has 12 heavy (non-hydrogen) atoms. The molecule has 0 N–H and O–H groups in total. The second-order valence-electron chi connectivity index (χ2n) is 3.74. The Bertz CT molecular complexity index is 175. The molecule has 2 heterocycles. The highest BCUT2D eigenvalue weighted by Crippen LogP contribution is 2.37. The smallest absolute Gasteiger partial charge is 0.223 e. The molecule has 0 atom stereocenters. The zero-order valence-electron chi connectivity index (χ0n) is 7.20. The Hall–Kier alpha value is -0.180. The molecule has 68 valence electrons. The second-order valence-corrected chi connectivity index (χ2v) is 4.18. The highest BCUT2D eigenvalue weighted by Gasteiger charge is 2.41. The quantitative estimate of drug-likeness (QED) is 0.646. The Morgan fingerprint density at radius 2 is 1.75 bits per heavy atom. The van der Waals surface area contributed by atoms with Crippen LogP contribution in [0.2, 0.25) is 0 Å². The van der Waals surface area contributed by atoms with E-state index in [1.54, 1.807) is 0 Å². The molecule has 0 aliphatic carbocycles. The van der Waals surface area contributed by atoms with E-state index in [0.29, 0.717) is 30.2 Å². The fraction of sp³-hybridized carbons (Fsp3) is 0.889. The van der Waals surface area contributed by atoms with Crippen LogP contribution in [0.25, 0.3) is 0 Å². The summed E-state index contributed by atoms with van der Waals surface area (Å²) in [4.78, 5) is 13.7. The topological polar surface area (TPSA) is 20.3 Å². The summed E-state index contributed by atoms with van der Waals surface area (Å²) in [6, 6.07) is 1.17. The Labute approximate surface area is 78.7 Å². The molecule has 3 heteroatoms. The van der Waals surface area contributed by atoms with Crippen molar-refractivity contribution < 1.29 is 4.79 Å². The van der Waals surface area contributed by atoms with E-state index in [-0.39, 0.29) is 0 Å². The van der Waals surface area contributed by atoms with Crippen molar-refractivity contribution >= 4 is 18.5 Å². The number of hydrogen-bond acceptors (Lipinski definition) is 2. The predicted octanol–water partition coefficient (Wildman–Crippen LogP) is 1.46. The molecule has 0 aromatic rings. The van der Waals surface area contributed by atoms with Crippen molar-refractivity contribution in [2.24, 2.45) is 0 Å². The molecule has 0 saturated carbocycles. The van der Waals surface area contributed by atoms with Crippen LogP contribution >= 0.6 is 12.6 Å². The van der Waals surface area contributed by atoms with Crippen LogP contribution < -0.4 is 0 Å². The van der Waals surface area contributed by atoms with Gasteiger partial charge in [-0.25, -0.2) is 0 Å². The molecule has 0 aromatic carbocycles. The molecular formula is C9H15NOS. The minimum Gasteiger partial charge on any atom is -0.337 e. The molecule has 2 bridgehead atoms. The zero-order chi connectivity index (χ0) is 8.55. The Morgan fingerprint density at radius 3 is 2.17 bits per heavy atom. The van der Waals surface area contributed by atoms with Crippen LogP contribution in [-0.4, -0.2) is 28.6 Å². The van der Waals surface area contributed by atoms with Crippen molar-refractivity contribution in [3.63, 3.8) is 0 Å². The minimum absolute atomic E-state index is 0.329. The van der Waals surface area contributed by atoms with Gasteiger partial charge in [-0.2, -0.15) is 12.6 Å². The van der Waals surface area contributed by atoms with E-state index in [0.717, 1.165) is 0 Å². The fourth-order valence-corrected chi connectivity index (χ4v) is 2.74. The van der Waals surface area contributed by atoms with Gasteiger partial charge in [0.2, 0.25) is 5.91 Å². The molecule has 2 fully saturated rings. The standard InChI is InChI=1S/C9H15NOS/c11-9(5-6-12)10-7-1-2-8(10)4-3-7/h7-8,12H,1-6H2. The molecule has 2 rings (SSSR count). The minimum atomic E-state index is 0.329. The summed E-state index contributed by atoms with van der Waals surface area (Å²) >= 11 is 4.08. The van der Waals surface area contributed by atoms with Crippen LogP contribution in [0, 0.1) is 0 Å². The summed E-state index contributed by atoms with van der Waals surface area (Å²) in [5.74, 6) is 1.02. The van der Waals surface area contributed by atoms with Crippen molar-refractivity contribution in [1.82, 2.24) is 4.90 Å². The summed E-state index contributed by atoms with van der Waals surface area (Å²) in [5.41, 5.74) is 0. The largest absolute Gasteiger partial charge is 0.337 e. The summed E-state index contributed by atoms with van der Waals surface area (Å²) in [5, 5.41) is 0. The van der Waals surface area contributed by atoms with Gasteiger partial charge in [-0.1, -0.05) is 0 Å². The van der Waals surface area contributed by atoms with Gasteiger partial charge >= 0.3 is 0 Å². The number of nitrogens with zero attached hydrogens (tertiary/aromatic N) is 1. The normalized spacial score (nSPS) is 32.9. The molecular weight excluding hydrogens is 170 g/mol. The van der Waals surface area contributed by atoms with Crippen LogP contribution in [0.3, 0.4) is 0 Å². The molecule has 2 aliphatic heterocycles. The van der Waals surface area contributed by atoms with Gasteiger partial charge in [-0.3, -0.25) is 4.79 Å². The number of thiol groups is 1. The maximum Gasteiger partial charge on any atom is 0.223 e. The third-order valence-electron chi connectivity index (χ3n) is 3.07. The van der Waals surface area contributed by atoms with E-state index in [9.17, 15) is 4.79 Å². The van der Waals surface area contributed by atoms with Gasteiger partial charge in [0.25, 0.3) is 0 Å². The first kappa shape index (κ1) is 8.42. The van der Waals surface area contributed by atoms with E-state index in [4.69, 9.17) is 0 Å². The number of hydrogen-bond donors (Lipinski definition) is 1. The summed E-state index contributed by atoms with van der Waals surface area (Å²) in [6.45, 7) is 0. The molecule has 0 radical (unpaired) electrons. The maximum atomic E-state index is 11.6. The van der Waals surface area contributed by atoms with Crippen molar-refractivity contribution in [1.29, 1.82) is 0 Å². The van der Waals surface area contributed by atoms with Crippen molar-refractivity contribution in [3.8, 4) is 0 Å². The molecule has 0 aromatic heterocycles. The lowest BCUT2D eigenvalue weighted by atomic mass is 10.0. The van der Waals surface area contributed by atoms with Gasteiger partial charge in [0.05, 0.1) is 0 Å². The van der Waals surface area contributed by atoms with Crippen molar-refractivity contribution in [2.75, 3.05) is 5.75 Å². The van der Waals surface area contributed by atoms with Crippen LogP contribution in [-0.2, 0) is 4.79 Å². The van der Waals surface area contributed by atoms with E-state index < -0.39 is 0 Å². The predicted molar refractivity (Wildman–Crippen MR) is 51.4 cm³/mol. The summed E-state index contributed by atoms with van der Waals surface area (Å²) in [7, 11) is 0. The fourth-order valence-electron chi connectivity index (χ4n) is 2.54. The summed E-state index contributed by atoms with van der Waals surface area (Å²) < 4.78 is 0. The van der Waals surface area contributed by atoms with E-state index >= 15 is 0 Å². The molecule has 0 spiro atoms. The first-order chi connectivity index (χ1) is 5.83. The van der Waals surface area contributed by atoms with Gasteiger partial charge in [0.1, 0.15) is 0 Å². The first-order valence-electron chi connectivity index (χ1n) is 4.75. The van der Waals surface area contributed by atoms with Crippen LogP contribution in [0.15, 0.2) is 0 Å². The number of rotatable bonds is 2. The van der Waals surface area contributed by atoms with Crippen LogP contribution in [0.5, 0.6) is 0 Å². The Kier molecular flexibility index (Phi) is 2.31. The zero-order valence-corrected chi connectivity index (χ0v) is 8.09. The summed E-state index contributed by atoms with van der Waals surface area (Å²) in [6.07, 6.45) is 5.58. The molecule has 1 amide bonds. The van der Waals surface area contributed by atoms with Gasteiger partial charge in [-0.05, 0) is 31.4 Å². The van der Waals surface area contributed by atoms with E-state index in [2.05, 4.69) is 17.5 Å². The second kappa shape index (κ2) is 3.29. The van der Waals surface area contributed by atoms with Crippen LogP contribution in [0.1, 0.15) is 32.1 Å². The third kappa shape index (κ3) is 1.24. The number of carbonyl (C=O) groups is 1. The molecule has 0 unspecified atom stereocenters. The first-order valence-corrected chi connectivity index (χ1v) is 5.38. The van der Waals surface area contributed by atoms with Crippen molar-refractivity contribution in [3.05, 3.63) is 0 Å². The third-order valence-corrected chi connectivity index (χ3v) is 3.29. The SMILES string of the molecule is O=C(CCS)N1C2CCC1CC2. The number of fused-ring (bicyclic) bond motifs is 2. The van der Waals surface area contributed by atoms with Gasteiger partial charge in [0, 0.05) is 18.5 Å². The average molecular weight is 185 g/mol. The molecule has 2 aliphatic rings. The Morgan fingerprint density at radius 1 is 1.25 bits per heavy atom. The number of carbonyl (C=O) groups excluding carboxylic acids is 1. The lowest BCUT2D eigenvalue weighted by Crippen LogP contribution is -2.35. The van der Waals surface area contributed by atoms with Gasteiger partial charge in [-0.15, -0.1) is 0 Å². The maximum absolute atomic E-state index is 11.6. The van der Waals surface area contributed by atoms with Crippen LogP contribution in [0.4, 0.5) is 0 Å². The van der Waals surface area contributed by atoms with Gasteiger partial charge < -0.3 is 4.90 Å². The highest BCUT2D eigenvalue weighted by molar-refractivity contribution is 7.80.